The van der Waals surface area contributed by atoms with Gasteiger partial charge in [-0.05, 0) is 17.5 Å². The Bertz CT molecular complexity index is 354. The smallest absolute Gasteiger partial charge is 0.0784 e. The van der Waals surface area contributed by atoms with Crippen molar-refractivity contribution in [2.75, 3.05) is 0 Å². The Labute approximate surface area is 99.5 Å². The normalized spacial score (nSPS) is 11.6. The number of rotatable bonds is 2. The molecule has 0 aliphatic rings. The van der Waals surface area contributed by atoms with Crippen LogP contribution in [0.1, 0.15) is 19.4 Å². The van der Waals surface area contributed by atoms with Gasteiger partial charge in [0.15, 0.2) is 0 Å². The molecule has 14 heavy (non-hydrogen) atoms. The molecule has 0 saturated carbocycles. The summed E-state index contributed by atoms with van der Waals surface area (Å²) < 4.78 is 0. The fraction of sp³-hybridized carbons (Fsp3) is 0.273. The van der Waals surface area contributed by atoms with Crippen molar-refractivity contribution >= 4 is 40.9 Å². The number of benzene rings is 1. The Morgan fingerprint density at radius 2 is 1.71 bits per heavy atom. The van der Waals surface area contributed by atoms with Crippen LogP contribution in [0.2, 0.25) is 15.1 Å². The highest BCUT2D eigenvalue weighted by Crippen LogP contribution is 2.33. The summed E-state index contributed by atoms with van der Waals surface area (Å²) in [6, 6.07) is 3.60. The average molecular weight is 250 g/mol. The molecule has 1 aromatic rings. The van der Waals surface area contributed by atoms with Crippen molar-refractivity contribution in [3.8, 4) is 0 Å². The van der Waals surface area contributed by atoms with Crippen LogP contribution in [0.25, 0.3) is 6.08 Å². The third-order valence-electron chi connectivity index (χ3n) is 1.73. The highest BCUT2D eigenvalue weighted by atomic mass is 35.5. The van der Waals surface area contributed by atoms with Gasteiger partial charge in [0.2, 0.25) is 0 Å². The van der Waals surface area contributed by atoms with Gasteiger partial charge in [-0.3, -0.25) is 0 Å². The van der Waals surface area contributed by atoms with Crippen LogP contribution in [0.15, 0.2) is 18.2 Å². The summed E-state index contributed by atoms with van der Waals surface area (Å²) in [5.41, 5.74) is 0.898. The Morgan fingerprint density at radius 3 is 2.29 bits per heavy atom. The van der Waals surface area contributed by atoms with Crippen LogP contribution < -0.4 is 0 Å². The number of halogens is 3. The van der Waals surface area contributed by atoms with E-state index in [-0.39, 0.29) is 0 Å². The highest BCUT2D eigenvalue weighted by molar-refractivity contribution is 6.48. The molecule has 76 valence electrons. The fourth-order valence-corrected chi connectivity index (χ4v) is 1.57. The van der Waals surface area contributed by atoms with Crippen molar-refractivity contribution in [2.45, 2.75) is 13.8 Å². The first-order valence-electron chi connectivity index (χ1n) is 4.34. The van der Waals surface area contributed by atoms with Crippen LogP contribution in [0, 0.1) is 5.92 Å². The lowest BCUT2D eigenvalue weighted by Crippen LogP contribution is -1.81. The maximum absolute atomic E-state index is 6.01. The number of hydrogen-bond donors (Lipinski definition) is 0. The Kier molecular flexibility index (Phi) is 4.31. The van der Waals surface area contributed by atoms with Crippen molar-refractivity contribution in [1.29, 1.82) is 0 Å². The highest BCUT2D eigenvalue weighted by Gasteiger charge is 2.06. The van der Waals surface area contributed by atoms with Crippen molar-refractivity contribution in [3.05, 3.63) is 38.8 Å². The van der Waals surface area contributed by atoms with E-state index in [4.69, 9.17) is 34.8 Å². The standard InChI is InChI=1S/C11H11Cl3/c1-7(2)3-4-8-5-6-9(12)11(14)10(8)13/h3-7H,1-2H3/b4-3+. The van der Waals surface area contributed by atoms with E-state index in [1.807, 2.05) is 12.1 Å². The van der Waals surface area contributed by atoms with E-state index < -0.39 is 0 Å². The zero-order valence-corrected chi connectivity index (χ0v) is 10.3. The van der Waals surface area contributed by atoms with E-state index in [2.05, 4.69) is 19.9 Å². The molecule has 0 unspecified atom stereocenters. The molecule has 0 aliphatic heterocycles. The largest absolute Gasteiger partial charge is 0.0827 e. The van der Waals surface area contributed by atoms with E-state index >= 15 is 0 Å². The topological polar surface area (TPSA) is 0 Å². The lowest BCUT2D eigenvalue weighted by molar-refractivity contribution is 0.836. The third kappa shape index (κ3) is 2.91. The van der Waals surface area contributed by atoms with Crippen LogP contribution in [0.3, 0.4) is 0 Å². The summed E-state index contributed by atoms with van der Waals surface area (Å²) in [7, 11) is 0. The molecule has 0 bridgehead atoms. The molecule has 0 fully saturated rings. The number of allylic oxidation sites excluding steroid dienone is 1. The second-order valence-electron chi connectivity index (χ2n) is 3.37. The minimum absolute atomic E-state index is 0.416. The van der Waals surface area contributed by atoms with Gasteiger partial charge in [0.25, 0.3) is 0 Å². The van der Waals surface area contributed by atoms with Gasteiger partial charge in [-0.2, -0.15) is 0 Å². The van der Waals surface area contributed by atoms with E-state index in [9.17, 15) is 0 Å². The summed E-state index contributed by atoms with van der Waals surface area (Å²) in [4.78, 5) is 0. The SMILES string of the molecule is CC(C)/C=C/c1ccc(Cl)c(Cl)c1Cl. The van der Waals surface area contributed by atoms with Gasteiger partial charge in [0, 0.05) is 0 Å². The molecule has 0 radical (unpaired) electrons. The molecule has 0 N–H and O–H groups in total. The molecule has 0 atom stereocenters. The Hall–Kier alpha value is -0.170. The second kappa shape index (κ2) is 5.06. The fourth-order valence-electron chi connectivity index (χ4n) is 0.966. The van der Waals surface area contributed by atoms with Crippen LogP contribution in [-0.4, -0.2) is 0 Å². The molecular formula is C11H11Cl3. The molecule has 0 aromatic heterocycles. The quantitative estimate of drug-likeness (QED) is 0.623. The van der Waals surface area contributed by atoms with Crippen molar-refractivity contribution < 1.29 is 0 Å². The molecule has 0 amide bonds. The minimum Gasteiger partial charge on any atom is -0.0827 e. The van der Waals surface area contributed by atoms with E-state index in [1.54, 1.807) is 6.07 Å². The van der Waals surface area contributed by atoms with Crippen molar-refractivity contribution in [1.82, 2.24) is 0 Å². The minimum atomic E-state index is 0.416. The van der Waals surface area contributed by atoms with E-state index in [0.717, 1.165) is 5.56 Å². The van der Waals surface area contributed by atoms with Gasteiger partial charge < -0.3 is 0 Å². The summed E-state index contributed by atoms with van der Waals surface area (Å²) in [5, 5.41) is 1.41. The molecule has 1 rings (SSSR count). The predicted octanol–water partition coefficient (Wildman–Crippen LogP) is 5.32. The zero-order valence-electron chi connectivity index (χ0n) is 8.02. The Morgan fingerprint density at radius 1 is 1.07 bits per heavy atom. The molecule has 1 aromatic carbocycles. The van der Waals surface area contributed by atoms with Gasteiger partial charge in [-0.1, -0.05) is 66.9 Å². The summed E-state index contributed by atoms with van der Waals surface area (Å²) in [6.07, 6.45) is 4.01. The van der Waals surface area contributed by atoms with Crippen molar-refractivity contribution in [3.63, 3.8) is 0 Å². The van der Waals surface area contributed by atoms with Crippen LogP contribution in [0.4, 0.5) is 0 Å². The monoisotopic (exact) mass is 248 g/mol. The summed E-state index contributed by atoms with van der Waals surface area (Å²) >= 11 is 17.7. The van der Waals surface area contributed by atoms with Crippen LogP contribution in [0.5, 0.6) is 0 Å². The molecule has 0 saturated heterocycles. The van der Waals surface area contributed by atoms with Crippen molar-refractivity contribution in [2.24, 2.45) is 5.92 Å². The maximum atomic E-state index is 6.01. The predicted molar refractivity (Wildman–Crippen MR) is 65.3 cm³/mol. The average Bonchev–Trinajstić information content (AvgIpc) is 2.13. The Balaban J connectivity index is 3.06. The van der Waals surface area contributed by atoms with Gasteiger partial charge in [0.1, 0.15) is 0 Å². The molecule has 0 aliphatic carbocycles. The van der Waals surface area contributed by atoms with Gasteiger partial charge in [-0.25, -0.2) is 0 Å². The number of hydrogen-bond acceptors (Lipinski definition) is 0. The molecule has 3 heteroatoms. The van der Waals surface area contributed by atoms with Crippen LogP contribution in [-0.2, 0) is 0 Å². The maximum Gasteiger partial charge on any atom is 0.0784 e. The summed E-state index contributed by atoms with van der Waals surface area (Å²) in [6.45, 7) is 4.20. The van der Waals surface area contributed by atoms with E-state index in [1.165, 1.54) is 0 Å². The molecule has 0 heterocycles. The molecule has 0 spiro atoms. The third-order valence-corrected chi connectivity index (χ3v) is 3.03. The molecular weight excluding hydrogens is 238 g/mol. The zero-order chi connectivity index (χ0) is 10.7. The molecule has 0 nitrogen and oxygen atoms in total. The lowest BCUT2D eigenvalue weighted by atomic mass is 10.1. The summed E-state index contributed by atoms with van der Waals surface area (Å²) in [5.74, 6) is 0.487. The second-order valence-corrected chi connectivity index (χ2v) is 4.53. The van der Waals surface area contributed by atoms with Gasteiger partial charge >= 0.3 is 0 Å². The first kappa shape index (κ1) is 11.9. The first-order valence-corrected chi connectivity index (χ1v) is 5.47. The van der Waals surface area contributed by atoms with Crippen LogP contribution >= 0.6 is 34.8 Å². The first-order chi connectivity index (χ1) is 6.52. The van der Waals surface area contributed by atoms with Gasteiger partial charge in [0.05, 0.1) is 15.1 Å². The van der Waals surface area contributed by atoms with Gasteiger partial charge in [-0.15, -0.1) is 0 Å². The van der Waals surface area contributed by atoms with E-state index in [0.29, 0.717) is 21.0 Å². The lowest BCUT2D eigenvalue weighted by Gasteiger charge is -2.03.